The third kappa shape index (κ3) is 3.16. The van der Waals surface area contributed by atoms with Crippen LogP contribution in [0.3, 0.4) is 0 Å². The Hall–Kier alpha value is -0.870. The summed E-state index contributed by atoms with van der Waals surface area (Å²) in [5, 5.41) is 4.85. The maximum atomic E-state index is 11.1. The van der Waals surface area contributed by atoms with Gasteiger partial charge in [-0.1, -0.05) is 0 Å². The van der Waals surface area contributed by atoms with Crippen molar-refractivity contribution in [2.45, 2.75) is 19.9 Å². The van der Waals surface area contributed by atoms with Crippen LogP contribution in [-0.2, 0) is 11.3 Å². The normalized spacial score (nSPS) is 10.0. The van der Waals surface area contributed by atoms with Crippen molar-refractivity contribution >= 4 is 17.2 Å². The summed E-state index contributed by atoms with van der Waals surface area (Å²) in [4.78, 5) is 12.3. The molecule has 0 saturated heterocycles. The summed E-state index contributed by atoms with van der Waals surface area (Å²) in [6, 6.07) is 2.05. The molecule has 4 heteroatoms. The molecule has 0 unspecified atom stereocenters. The molecule has 0 fully saturated rings. The van der Waals surface area contributed by atoms with E-state index in [0.29, 0.717) is 19.5 Å². The van der Waals surface area contributed by atoms with Gasteiger partial charge >= 0.3 is 0 Å². The van der Waals surface area contributed by atoms with Gasteiger partial charge in [0.15, 0.2) is 0 Å². The van der Waals surface area contributed by atoms with E-state index in [2.05, 4.69) is 11.4 Å². The molecule has 1 aromatic rings. The lowest BCUT2D eigenvalue weighted by atomic mass is 10.3. The Bertz CT molecular complexity index is 283. The minimum atomic E-state index is 0.0234. The van der Waals surface area contributed by atoms with Crippen LogP contribution in [0, 0.1) is 6.92 Å². The molecule has 3 N–H and O–H groups in total. The number of nitrogens with one attached hydrogen (secondary N) is 1. The zero-order valence-electron chi connectivity index (χ0n) is 7.67. The second kappa shape index (κ2) is 4.99. The van der Waals surface area contributed by atoms with Crippen LogP contribution in [0.15, 0.2) is 11.4 Å². The smallest absolute Gasteiger partial charge is 0.221 e. The largest absolute Gasteiger partial charge is 0.351 e. The Kier molecular flexibility index (Phi) is 3.92. The predicted molar refractivity (Wildman–Crippen MR) is 54.6 cm³/mol. The lowest BCUT2D eigenvalue weighted by Gasteiger charge is -2.02. The van der Waals surface area contributed by atoms with Gasteiger partial charge in [-0.05, 0) is 23.9 Å². The molecule has 0 atom stereocenters. The second-order valence-electron chi connectivity index (χ2n) is 2.84. The number of nitrogens with two attached hydrogens (primary N) is 1. The predicted octanol–water partition coefficient (Wildman–Crippen LogP) is 1.02. The first kappa shape index (κ1) is 10.2. The summed E-state index contributed by atoms with van der Waals surface area (Å²) in [7, 11) is 0. The molecule has 3 nitrogen and oxygen atoms in total. The van der Waals surface area contributed by atoms with Gasteiger partial charge in [0, 0.05) is 17.8 Å². The first-order valence-corrected chi connectivity index (χ1v) is 5.11. The van der Waals surface area contributed by atoms with Gasteiger partial charge < -0.3 is 11.1 Å². The lowest BCUT2D eigenvalue weighted by molar-refractivity contribution is -0.121. The van der Waals surface area contributed by atoms with Gasteiger partial charge in [0.25, 0.3) is 0 Å². The van der Waals surface area contributed by atoms with Crippen LogP contribution in [0.1, 0.15) is 16.9 Å². The maximum absolute atomic E-state index is 11.1. The number of aryl methyl sites for hydroxylation is 1. The van der Waals surface area contributed by atoms with Crippen molar-refractivity contribution < 1.29 is 4.79 Å². The van der Waals surface area contributed by atoms with Gasteiger partial charge in [0.05, 0.1) is 6.54 Å². The Balaban J connectivity index is 2.35. The Morgan fingerprint density at radius 1 is 1.69 bits per heavy atom. The molecule has 72 valence electrons. The van der Waals surface area contributed by atoms with Crippen molar-refractivity contribution in [3.8, 4) is 0 Å². The molecular weight excluding hydrogens is 184 g/mol. The topological polar surface area (TPSA) is 55.1 Å². The molecule has 0 aliphatic rings. The van der Waals surface area contributed by atoms with Crippen molar-refractivity contribution in [1.82, 2.24) is 5.32 Å². The van der Waals surface area contributed by atoms with Crippen LogP contribution in [-0.4, -0.2) is 12.5 Å². The van der Waals surface area contributed by atoms with Crippen molar-refractivity contribution in [2.24, 2.45) is 5.73 Å². The van der Waals surface area contributed by atoms with Gasteiger partial charge in [0.2, 0.25) is 5.91 Å². The molecule has 0 saturated carbocycles. The SMILES string of the molecule is Cc1ccsc1CNC(=O)CCN. The lowest BCUT2D eigenvalue weighted by Crippen LogP contribution is -2.24. The van der Waals surface area contributed by atoms with E-state index >= 15 is 0 Å². The Morgan fingerprint density at radius 3 is 3.00 bits per heavy atom. The number of hydrogen-bond acceptors (Lipinski definition) is 3. The van der Waals surface area contributed by atoms with Crippen LogP contribution in [0.2, 0.25) is 0 Å². The van der Waals surface area contributed by atoms with Crippen LogP contribution in [0.4, 0.5) is 0 Å². The molecule has 13 heavy (non-hydrogen) atoms. The number of carbonyl (C=O) groups excluding carboxylic acids is 1. The molecule has 0 spiro atoms. The fraction of sp³-hybridized carbons (Fsp3) is 0.444. The standard InChI is InChI=1S/C9H14N2OS/c1-7-3-5-13-8(7)6-11-9(12)2-4-10/h3,5H,2,4,6,10H2,1H3,(H,11,12). The van der Waals surface area contributed by atoms with Crippen LogP contribution in [0.25, 0.3) is 0 Å². The van der Waals surface area contributed by atoms with Gasteiger partial charge in [-0.15, -0.1) is 11.3 Å². The third-order valence-corrected chi connectivity index (χ3v) is 2.81. The van der Waals surface area contributed by atoms with Crippen molar-refractivity contribution in [1.29, 1.82) is 0 Å². The first-order chi connectivity index (χ1) is 6.24. The van der Waals surface area contributed by atoms with E-state index < -0.39 is 0 Å². The zero-order chi connectivity index (χ0) is 9.68. The fourth-order valence-electron chi connectivity index (χ4n) is 0.984. The maximum Gasteiger partial charge on any atom is 0.221 e. The minimum Gasteiger partial charge on any atom is -0.351 e. The van der Waals surface area contributed by atoms with E-state index in [9.17, 15) is 4.79 Å². The summed E-state index contributed by atoms with van der Waals surface area (Å²) in [6.07, 6.45) is 0.407. The molecule has 1 rings (SSSR count). The van der Waals surface area contributed by atoms with E-state index in [1.165, 1.54) is 10.4 Å². The highest BCUT2D eigenvalue weighted by atomic mass is 32.1. The molecule has 1 aromatic heterocycles. The highest BCUT2D eigenvalue weighted by Crippen LogP contribution is 2.14. The molecule has 0 aliphatic heterocycles. The average molecular weight is 198 g/mol. The summed E-state index contributed by atoms with van der Waals surface area (Å²) in [5.74, 6) is 0.0234. The van der Waals surface area contributed by atoms with Gasteiger partial charge in [-0.3, -0.25) is 4.79 Å². The fourth-order valence-corrected chi connectivity index (χ4v) is 1.83. The summed E-state index contributed by atoms with van der Waals surface area (Å²) in [6.45, 7) is 3.08. The third-order valence-electron chi connectivity index (χ3n) is 1.79. The number of amides is 1. The second-order valence-corrected chi connectivity index (χ2v) is 3.84. The average Bonchev–Trinajstić information content (AvgIpc) is 2.48. The van der Waals surface area contributed by atoms with Crippen LogP contribution < -0.4 is 11.1 Å². The summed E-state index contributed by atoms with van der Waals surface area (Å²) >= 11 is 1.66. The molecule has 0 bridgehead atoms. The minimum absolute atomic E-state index is 0.0234. The van der Waals surface area contributed by atoms with Crippen molar-refractivity contribution in [2.75, 3.05) is 6.54 Å². The molecule has 1 heterocycles. The van der Waals surface area contributed by atoms with Crippen LogP contribution >= 0.6 is 11.3 Å². The van der Waals surface area contributed by atoms with Crippen molar-refractivity contribution in [3.63, 3.8) is 0 Å². The number of hydrogen-bond donors (Lipinski definition) is 2. The van der Waals surface area contributed by atoms with Gasteiger partial charge in [-0.2, -0.15) is 0 Å². The summed E-state index contributed by atoms with van der Waals surface area (Å²) < 4.78 is 0. The monoisotopic (exact) mass is 198 g/mol. The Morgan fingerprint density at radius 2 is 2.46 bits per heavy atom. The van der Waals surface area contributed by atoms with Crippen molar-refractivity contribution in [3.05, 3.63) is 21.9 Å². The first-order valence-electron chi connectivity index (χ1n) is 4.23. The molecule has 0 aromatic carbocycles. The highest BCUT2D eigenvalue weighted by molar-refractivity contribution is 7.10. The molecule has 1 amide bonds. The molecular formula is C9H14N2OS. The quantitative estimate of drug-likeness (QED) is 0.759. The molecule has 0 aliphatic carbocycles. The van der Waals surface area contributed by atoms with E-state index in [4.69, 9.17) is 5.73 Å². The number of thiophene rings is 1. The van der Waals surface area contributed by atoms with Gasteiger partial charge in [-0.25, -0.2) is 0 Å². The van der Waals surface area contributed by atoms with E-state index in [1.807, 2.05) is 12.3 Å². The van der Waals surface area contributed by atoms with E-state index in [1.54, 1.807) is 11.3 Å². The molecule has 0 radical (unpaired) electrons. The van der Waals surface area contributed by atoms with E-state index in [0.717, 1.165) is 0 Å². The summed E-state index contributed by atoms with van der Waals surface area (Å²) in [5.41, 5.74) is 6.48. The number of rotatable bonds is 4. The Labute approximate surface area is 81.9 Å². The van der Waals surface area contributed by atoms with Gasteiger partial charge in [0.1, 0.15) is 0 Å². The van der Waals surface area contributed by atoms with Crippen LogP contribution in [0.5, 0.6) is 0 Å². The van der Waals surface area contributed by atoms with E-state index in [-0.39, 0.29) is 5.91 Å². The highest BCUT2D eigenvalue weighted by Gasteiger charge is 2.02. The zero-order valence-corrected chi connectivity index (χ0v) is 8.49. The number of carbonyl (C=O) groups is 1.